The lowest BCUT2D eigenvalue weighted by atomic mass is 10.0. The van der Waals surface area contributed by atoms with E-state index in [1.165, 1.54) is 16.7 Å². The Balaban J connectivity index is 1.54. The highest BCUT2D eigenvalue weighted by Crippen LogP contribution is 2.24. The van der Waals surface area contributed by atoms with Crippen molar-refractivity contribution < 1.29 is 0 Å². The average molecular weight is 309 g/mol. The van der Waals surface area contributed by atoms with Gasteiger partial charge in [0.1, 0.15) is 0 Å². The van der Waals surface area contributed by atoms with Crippen molar-refractivity contribution in [1.29, 1.82) is 0 Å². The highest BCUT2D eigenvalue weighted by molar-refractivity contribution is 5.49. The van der Waals surface area contributed by atoms with Gasteiger partial charge in [-0.15, -0.1) is 14.8 Å². The summed E-state index contributed by atoms with van der Waals surface area (Å²) in [5.74, 6) is 0.893. The summed E-state index contributed by atoms with van der Waals surface area (Å²) >= 11 is 0. The molecule has 3 aromatic rings. The number of tetrazole rings is 1. The third-order valence-corrected chi connectivity index (χ3v) is 4.48. The van der Waals surface area contributed by atoms with Gasteiger partial charge < -0.3 is 9.80 Å². The maximum atomic E-state index is 4.50. The molecule has 23 heavy (non-hydrogen) atoms. The Morgan fingerprint density at radius 2 is 2.00 bits per heavy atom. The fraction of sp³-hybridized carbons (Fsp3) is 0.375. The lowest BCUT2D eigenvalue weighted by Gasteiger charge is -2.39. The minimum Gasteiger partial charge on any atom is -0.369 e. The highest BCUT2D eigenvalue weighted by Gasteiger charge is 2.24. The molecule has 0 amide bonds. The predicted octanol–water partition coefficient (Wildman–Crippen LogP) is 1.62. The van der Waals surface area contributed by atoms with E-state index in [0.29, 0.717) is 11.7 Å². The van der Waals surface area contributed by atoms with Crippen molar-refractivity contribution in [3.8, 4) is 0 Å². The van der Waals surface area contributed by atoms with Gasteiger partial charge in [-0.05, 0) is 47.5 Å². The number of nitrogens with zero attached hydrogens (tertiary/aromatic N) is 7. The third-order valence-electron chi connectivity index (χ3n) is 4.48. The monoisotopic (exact) mass is 309 g/mol. The number of anilines is 2. The van der Waals surface area contributed by atoms with Gasteiger partial charge in [-0.3, -0.25) is 0 Å². The van der Waals surface area contributed by atoms with Crippen molar-refractivity contribution >= 4 is 17.2 Å². The number of para-hydroxylation sites is 1. The van der Waals surface area contributed by atoms with Crippen LogP contribution in [0.3, 0.4) is 0 Å². The Bertz CT molecular complexity index is 785. The van der Waals surface area contributed by atoms with Crippen molar-refractivity contribution in [3.05, 3.63) is 42.5 Å². The molecule has 0 spiro atoms. The summed E-state index contributed by atoms with van der Waals surface area (Å²) in [6.45, 7) is 2.10. The summed E-state index contributed by atoms with van der Waals surface area (Å²) < 4.78 is 1.48. The first-order valence-corrected chi connectivity index (χ1v) is 7.89. The molecule has 0 radical (unpaired) electrons. The molecule has 3 heterocycles. The van der Waals surface area contributed by atoms with E-state index < -0.39 is 0 Å². The summed E-state index contributed by atoms with van der Waals surface area (Å²) in [6.07, 6.45) is 2.34. The van der Waals surface area contributed by atoms with Crippen LogP contribution in [-0.2, 0) is 0 Å². The quantitative estimate of drug-likeness (QED) is 0.733. The zero-order valence-corrected chi connectivity index (χ0v) is 13.1. The molecule has 4 rings (SSSR count). The van der Waals surface area contributed by atoms with E-state index in [9.17, 15) is 0 Å². The molecule has 1 atom stereocenters. The molecular weight excluding hydrogens is 290 g/mol. The van der Waals surface area contributed by atoms with Crippen LogP contribution < -0.4 is 9.80 Å². The van der Waals surface area contributed by atoms with Gasteiger partial charge in [0.2, 0.25) is 0 Å². The van der Waals surface area contributed by atoms with Crippen LogP contribution in [0, 0.1) is 0 Å². The van der Waals surface area contributed by atoms with Crippen LogP contribution in [0.4, 0.5) is 11.5 Å². The number of hydrogen-bond acceptors (Lipinski definition) is 6. The van der Waals surface area contributed by atoms with Crippen LogP contribution in [0.5, 0.6) is 0 Å². The van der Waals surface area contributed by atoms with Crippen molar-refractivity contribution in [2.45, 2.75) is 18.9 Å². The maximum Gasteiger partial charge on any atom is 0.200 e. The Kier molecular flexibility index (Phi) is 3.53. The predicted molar refractivity (Wildman–Crippen MR) is 88.7 cm³/mol. The molecule has 1 aliphatic heterocycles. The van der Waals surface area contributed by atoms with Gasteiger partial charge in [0, 0.05) is 31.9 Å². The van der Waals surface area contributed by atoms with Crippen molar-refractivity contribution in [3.63, 3.8) is 0 Å². The number of hydrogen-bond donors (Lipinski definition) is 0. The second-order valence-electron chi connectivity index (χ2n) is 5.91. The summed E-state index contributed by atoms with van der Waals surface area (Å²) in [5, 5.41) is 15.9. The molecule has 1 saturated heterocycles. The number of aromatic nitrogens is 5. The van der Waals surface area contributed by atoms with Gasteiger partial charge in [-0.25, -0.2) is 0 Å². The molecule has 7 heteroatoms. The first-order chi connectivity index (χ1) is 11.3. The summed E-state index contributed by atoms with van der Waals surface area (Å²) in [5.41, 5.74) is 1.95. The molecule has 0 bridgehead atoms. The Labute approximate surface area is 134 Å². The molecule has 0 aliphatic carbocycles. The van der Waals surface area contributed by atoms with E-state index in [-0.39, 0.29) is 0 Å². The van der Waals surface area contributed by atoms with Crippen LogP contribution in [0.1, 0.15) is 12.8 Å². The van der Waals surface area contributed by atoms with Crippen LogP contribution in [0.2, 0.25) is 0 Å². The molecular formula is C16H19N7. The fourth-order valence-electron chi connectivity index (χ4n) is 3.16. The molecule has 1 fully saturated rings. The standard InChI is InChI=1S/C16H19N7/c1-21(16-10-9-15-17-19-20-23(15)18-16)14-8-5-11-22(12-14)13-6-3-2-4-7-13/h2-4,6-7,9-10,14H,5,8,11-12H2,1H3. The van der Waals surface area contributed by atoms with Crippen LogP contribution in [-0.4, -0.2) is 51.4 Å². The minimum absolute atomic E-state index is 0.422. The number of rotatable bonds is 3. The number of benzene rings is 1. The Morgan fingerprint density at radius 3 is 2.87 bits per heavy atom. The number of piperidine rings is 1. The highest BCUT2D eigenvalue weighted by atomic mass is 15.6. The molecule has 1 aromatic carbocycles. The van der Waals surface area contributed by atoms with Crippen LogP contribution >= 0.6 is 0 Å². The Hall–Kier alpha value is -2.70. The van der Waals surface area contributed by atoms with E-state index in [2.05, 4.69) is 67.8 Å². The molecule has 2 aromatic heterocycles. The van der Waals surface area contributed by atoms with Crippen LogP contribution in [0.25, 0.3) is 5.65 Å². The van der Waals surface area contributed by atoms with Gasteiger partial charge in [-0.2, -0.15) is 0 Å². The van der Waals surface area contributed by atoms with Gasteiger partial charge in [0.05, 0.1) is 0 Å². The molecule has 0 N–H and O–H groups in total. The van der Waals surface area contributed by atoms with Gasteiger partial charge in [0.15, 0.2) is 11.5 Å². The van der Waals surface area contributed by atoms with Crippen molar-refractivity contribution in [2.24, 2.45) is 0 Å². The molecule has 1 unspecified atom stereocenters. The zero-order valence-electron chi connectivity index (χ0n) is 13.1. The van der Waals surface area contributed by atoms with Gasteiger partial charge in [-0.1, -0.05) is 18.2 Å². The number of likely N-dealkylation sites (N-methyl/N-ethyl adjacent to an activating group) is 1. The first-order valence-electron chi connectivity index (χ1n) is 7.89. The molecule has 7 nitrogen and oxygen atoms in total. The summed E-state index contributed by atoms with van der Waals surface area (Å²) in [7, 11) is 2.09. The SMILES string of the molecule is CN(c1ccc2nnnn2n1)C1CCCN(c2ccccc2)C1. The largest absolute Gasteiger partial charge is 0.369 e. The summed E-state index contributed by atoms with van der Waals surface area (Å²) in [6, 6.07) is 14.9. The average Bonchev–Trinajstić information content (AvgIpc) is 3.09. The molecule has 0 saturated carbocycles. The second-order valence-corrected chi connectivity index (χ2v) is 5.91. The van der Waals surface area contributed by atoms with Crippen molar-refractivity contribution in [1.82, 2.24) is 25.3 Å². The van der Waals surface area contributed by atoms with E-state index in [1.54, 1.807) is 0 Å². The fourth-order valence-corrected chi connectivity index (χ4v) is 3.16. The third kappa shape index (κ3) is 2.69. The number of fused-ring (bicyclic) bond motifs is 1. The van der Waals surface area contributed by atoms with E-state index >= 15 is 0 Å². The van der Waals surface area contributed by atoms with Gasteiger partial charge >= 0.3 is 0 Å². The lowest BCUT2D eigenvalue weighted by Crippen LogP contribution is -2.47. The lowest BCUT2D eigenvalue weighted by molar-refractivity contribution is 0.484. The topological polar surface area (TPSA) is 62.5 Å². The normalized spacial score (nSPS) is 18.3. The molecule has 1 aliphatic rings. The van der Waals surface area contributed by atoms with Crippen LogP contribution in [0.15, 0.2) is 42.5 Å². The van der Waals surface area contributed by atoms with E-state index in [4.69, 9.17) is 0 Å². The summed E-state index contributed by atoms with van der Waals surface area (Å²) in [4.78, 5) is 4.68. The second kappa shape index (κ2) is 5.83. The minimum atomic E-state index is 0.422. The molecule has 118 valence electrons. The smallest absolute Gasteiger partial charge is 0.200 e. The maximum absolute atomic E-state index is 4.50. The van der Waals surface area contributed by atoms with E-state index in [0.717, 1.165) is 25.3 Å². The van der Waals surface area contributed by atoms with E-state index in [1.807, 2.05) is 12.1 Å². The zero-order chi connectivity index (χ0) is 15.6. The Morgan fingerprint density at radius 1 is 1.13 bits per heavy atom. The first kappa shape index (κ1) is 13.9. The van der Waals surface area contributed by atoms with Gasteiger partial charge in [0.25, 0.3) is 0 Å². The van der Waals surface area contributed by atoms with Crippen molar-refractivity contribution in [2.75, 3.05) is 29.9 Å².